The van der Waals surface area contributed by atoms with Crippen molar-refractivity contribution < 1.29 is 18.0 Å². The number of aromatic nitrogens is 3. The summed E-state index contributed by atoms with van der Waals surface area (Å²) < 4.78 is 40.3. The number of nitrogens with one attached hydrogen (secondary N) is 1. The van der Waals surface area contributed by atoms with Gasteiger partial charge in [-0.3, -0.25) is 9.48 Å². The summed E-state index contributed by atoms with van der Waals surface area (Å²) in [5.41, 5.74) is 0.427. The molecule has 2 aromatic heterocycles. The molecule has 1 unspecified atom stereocenters. The zero-order valence-corrected chi connectivity index (χ0v) is 16.4. The molecule has 1 atom stereocenters. The molecule has 0 aromatic carbocycles. The lowest BCUT2D eigenvalue weighted by atomic mass is 10.1. The summed E-state index contributed by atoms with van der Waals surface area (Å²) in [7, 11) is 1.71. The molecular weight excluding hydrogens is 427 g/mol. The van der Waals surface area contributed by atoms with Crippen LogP contribution in [0.4, 0.5) is 19.0 Å². The maximum Gasteiger partial charge on any atom is 0.417 e. The number of amides is 1. The van der Waals surface area contributed by atoms with Crippen LogP contribution in [0.2, 0.25) is 0 Å². The molecule has 1 fully saturated rings. The van der Waals surface area contributed by atoms with Crippen LogP contribution in [0.5, 0.6) is 0 Å². The standard InChI is InChI=1S/C17H19BrF3N5O/c1-10-6-14(25(2)24-10)16(27)23-12-4-3-5-26(9-12)15-13(18)7-11(8-22-15)17(19,20)21/h6-8,12H,3-5,9H2,1-2H3,(H,23,27). The van der Waals surface area contributed by atoms with Crippen LogP contribution in [0.15, 0.2) is 22.8 Å². The van der Waals surface area contributed by atoms with Gasteiger partial charge in [-0.15, -0.1) is 0 Å². The summed E-state index contributed by atoms with van der Waals surface area (Å²) in [6.45, 7) is 2.95. The first-order valence-electron chi connectivity index (χ1n) is 8.44. The second-order valence-corrected chi connectivity index (χ2v) is 7.43. The Labute approximate surface area is 162 Å². The highest BCUT2D eigenvalue weighted by Gasteiger charge is 2.32. The maximum absolute atomic E-state index is 12.8. The zero-order valence-electron chi connectivity index (χ0n) is 14.8. The van der Waals surface area contributed by atoms with Gasteiger partial charge in [0.15, 0.2) is 0 Å². The van der Waals surface area contributed by atoms with Crippen molar-refractivity contribution >= 4 is 27.7 Å². The predicted molar refractivity (Wildman–Crippen MR) is 97.6 cm³/mol. The molecule has 10 heteroatoms. The quantitative estimate of drug-likeness (QED) is 0.786. The smallest absolute Gasteiger partial charge is 0.354 e. The van der Waals surface area contributed by atoms with Gasteiger partial charge in [-0.25, -0.2) is 4.98 Å². The van der Waals surface area contributed by atoms with Crippen LogP contribution in [0.3, 0.4) is 0 Å². The van der Waals surface area contributed by atoms with Gasteiger partial charge in [0.2, 0.25) is 0 Å². The van der Waals surface area contributed by atoms with Crippen molar-refractivity contribution in [3.05, 3.63) is 39.8 Å². The van der Waals surface area contributed by atoms with Gasteiger partial charge in [0.05, 0.1) is 15.7 Å². The predicted octanol–water partition coefficient (Wildman–Crippen LogP) is 3.30. The van der Waals surface area contributed by atoms with Crippen LogP contribution in [-0.4, -0.2) is 39.8 Å². The number of carbonyl (C=O) groups is 1. The van der Waals surface area contributed by atoms with Crippen molar-refractivity contribution in [3.8, 4) is 0 Å². The highest BCUT2D eigenvalue weighted by Crippen LogP contribution is 2.34. The largest absolute Gasteiger partial charge is 0.417 e. The first-order chi connectivity index (χ1) is 12.6. The number of piperidine rings is 1. The molecule has 146 valence electrons. The van der Waals surface area contributed by atoms with E-state index in [2.05, 4.69) is 31.3 Å². The van der Waals surface area contributed by atoms with E-state index < -0.39 is 11.7 Å². The molecule has 3 heterocycles. The summed E-state index contributed by atoms with van der Waals surface area (Å²) in [4.78, 5) is 18.3. The number of hydrogen-bond donors (Lipinski definition) is 1. The Kier molecular flexibility index (Phi) is 5.45. The molecule has 1 aliphatic rings. The van der Waals surface area contributed by atoms with Crippen molar-refractivity contribution in [1.29, 1.82) is 0 Å². The molecule has 3 rings (SSSR count). The van der Waals surface area contributed by atoms with Crippen LogP contribution in [-0.2, 0) is 13.2 Å². The molecule has 0 spiro atoms. The molecule has 27 heavy (non-hydrogen) atoms. The van der Waals surface area contributed by atoms with Crippen LogP contribution in [0.1, 0.15) is 34.6 Å². The average Bonchev–Trinajstić information content (AvgIpc) is 2.92. The Bertz CT molecular complexity index is 852. The van der Waals surface area contributed by atoms with Crippen molar-refractivity contribution in [2.75, 3.05) is 18.0 Å². The lowest BCUT2D eigenvalue weighted by Gasteiger charge is -2.34. The van der Waals surface area contributed by atoms with Crippen molar-refractivity contribution in [1.82, 2.24) is 20.1 Å². The van der Waals surface area contributed by atoms with E-state index in [1.54, 1.807) is 13.1 Å². The number of pyridine rings is 1. The van der Waals surface area contributed by atoms with Crippen LogP contribution in [0, 0.1) is 6.92 Å². The summed E-state index contributed by atoms with van der Waals surface area (Å²) >= 11 is 3.19. The Balaban J connectivity index is 1.71. The molecule has 6 nitrogen and oxygen atoms in total. The summed E-state index contributed by atoms with van der Waals surface area (Å²) in [6.07, 6.45) is -2.02. The van der Waals surface area contributed by atoms with E-state index in [9.17, 15) is 18.0 Å². The van der Waals surface area contributed by atoms with Crippen molar-refractivity contribution in [2.24, 2.45) is 7.05 Å². The van der Waals surface area contributed by atoms with E-state index in [-0.39, 0.29) is 16.4 Å². The van der Waals surface area contributed by atoms with Gasteiger partial charge < -0.3 is 10.2 Å². The number of hydrogen-bond acceptors (Lipinski definition) is 4. The number of rotatable bonds is 3. The minimum Gasteiger partial charge on any atom is -0.354 e. The van der Waals surface area contributed by atoms with Crippen molar-refractivity contribution in [2.45, 2.75) is 32.0 Å². The summed E-state index contributed by atoms with van der Waals surface area (Å²) in [5, 5.41) is 7.14. The first-order valence-corrected chi connectivity index (χ1v) is 9.23. The second kappa shape index (κ2) is 7.49. The molecule has 1 aliphatic heterocycles. The summed E-state index contributed by atoms with van der Waals surface area (Å²) in [6, 6.07) is 2.62. The normalized spacial score (nSPS) is 17.9. The van der Waals surface area contributed by atoms with Gasteiger partial charge in [0.1, 0.15) is 11.5 Å². The van der Waals surface area contributed by atoms with Gasteiger partial charge in [-0.05, 0) is 47.8 Å². The molecule has 1 saturated heterocycles. The van der Waals surface area contributed by atoms with E-state index >= 15 is 0 Å². The highest BCUT2D eigenvalue weighted by molar-refractivity contribution is 9.10. The average molecular weight is 446 g/mol. The first kappa shape index (κ1) is 19.7. The topological polar surface area (TPSA) is 63.1 Å². The summed E-state index contributed by atoms with van der Waals surface area (Å²) in [5.74, 6) is 0.225. The second-order valence-electron chi connectivity index (χ2n) is 6.58. The number of halogens is 4. The Hall–Kier alpha value is -2.10. The number of aryl methyl sites for hydroxylation is 2. The Morgan fingerprint density at radius 1 is 1.37 bits per heavy atom. The monoisotopic (exact) mass is 445 g/mol. The minimum atomic E-state index is -4.44. The Morgan fingerprint density at radius 2 is 2.11 bits per heavy atom. The molecule has 0 radical (unpaired) electrons. The molecule has 1 N–H and O–H groups in total. The van der Waals surface area contributed by atoms with Gasteiger partial charge in [-0.1, -0.05) is 0 Å². The molecule has 0 aliphatic carbocycles. The molecular formula is C17H19BrF3N5O. The fraction of sp³-hybridized carbons (Fsp3) is 0.471. The van der Waals surface area contributed by atoms with Crippen LogP contribution >= 0.6 is 15.9 Å². The third-order valence-electron chi connectivity index (χ3n) is 4.44. The fourth-order valence-electron chi connectivity index (χ4n) is 3.19. The molecule has 0 bridgehead atoms. The van der Waals surface area contributed by atoms with Gasteiger partial charge in [-0.2, -0.15) is 18.3 Å². The molecule has 1 amide bonds. The fourth-order valence-corrected chi connectivity index (χ4v) is 3.79. The number of alkyl halides is 3. The minimum absolute atomic E-state index is 0.127. The highest BCUT2D eigenvalue weighted by atomic mass is 79.9. The van der Waals surface area contributed by atoms with Crippen LogP contribution < -0.4 is 10.2 Å². The molecule has 2 aromatic rings. The molecule has 0 saturated carbocycles. The lowest BCUT2D eigenvalue weighted by Crippen LogP contribution is -2.48. The van der Waals surface area contributed by atoms with Gasteiger partial charge in [0, 0.05) is 32.4 Å². The SMILES string of the molecule is Cc1cc(C(=O)NC2CCCN(c3ncc(C(F)(F)F)cc3Br)C2)n(C)n1. The number of anilines is 1. The third-order valence-corrected chi connectivity index (χ3v) is 5.02. The van der Waals surface area contributed by atoms with E-state index in [0.717, 1.165) is 30.8 Å². The van der Waals surface area contributed by atoms with E-state index in [0.29, 0.717) is 24.6 Å². The number of carbonyl (C=O) groups excluding carboxylic acids is 1. The van der Waals surface area contributed by atoms with Crippen molar-refractivity contribution in [3.63, 3.8) is 0 Å². The van der Waals surface area contributed by atoms with Gasteiger partial charge in [0.25, 0.3) is 5.91 Å². The zero-order chi connectivity index (χ0) is 19.8. The third kappa shape index (κ3) is 4.42. The van der Waals surface area contributed by atoms with E-state index in [1.807, 2.05) is 11.8 Å². The Morgan fingerprint density at radius 3 is 2.70 bits per heavy atom. The maximum atomic E-state index is 12.8. The van der Waals surface area contributed by atoms with Crippen LogP contribution in [0.25, 0.3) is 0 Å². The van der Waals surface area contributed by atoms with Gasteiger partial charge >= 0.3 is 6.18 Å². The number of nitrogens with zero attached hydrogens (tertiary/aromatic N) is 4. The van der Waals surface area contributed by atoms with E-state index in [4.69, 9.17) is 0 Å². The lowest BCUT2D eigenvalue weighted by molar-refractivity contribution is -0.137. The van der Waals surface area contributed by atoms with E-state index in [1.165, 1.54) is 4.68 Å².